The molecule has 6 aliphatic heterocycles. The fraction of sp³-hybridized carbons (Fsp3) is 0.475. The molecule has 7 aliphatic rings. The molecule has 2 spiro atoms. The number of furan rings is 1. The molecule has 0 atom stereocenters. The maximum Gasteiger partial charge on any atom is 0.289 e. The lowest BCUT2D eigenvalue weighted by Crippen LogP contribution is -2.62. The van der Waals surface area contributed by atoms with Crippen LogP contribution in [0.5, 0.6) is 0 Å². The highest BCUT2D eigenvalue weighted by Gasteiger charge is 2.53. The molecule has 7 fully saturated rings. The Labute approximate surface area is 478 Å². The van der Waals surface area contributed by atoms with Crippen molar-refractivity contribution in [3.8, 4) is 0 Å². The van der Waals surface area contributed by atoms with Crippen LogP contribution in [0.2, 0.25) is 20.1 Å². The van der Waals surface area contributed by atoms with Crippen LogP contribution < -0.4 is 20.4 Å². The molecule has 12 rings (SSSR count). The summed E-state index contributed by atoms with van der Waals surface area (Å²) in [5, 5.41) is 8.38. The first kappa shape index (κ1) is 54.7. The average Bonchev–Trinajstić information content (AvgIpc) is 4.34. The second-order valence-corrected chi connectivity index (χ2v) is 24.6. The van der Waals surface area contributed by atoms with Gasteiger partial charge in [-0.05, 0) is 149 Å². The number of halogens is 4. The number of amides is 4. The number of likely N-dealkylation sites (tertiary alicyclic amines) is 4. The highest BCUT2D eigenvalue weighted by Crippen LogP contribution is 2.45. The van der Waals surface area contributed by atoms with E-state index >= 15 is 0 Å². The lowest BCUT2D eigenvalue weighted by molar-refractivity contribution is -0.143. The van der Waals surface area contributed by atoms with Crippen molar-refractivity contribution in [2.45, 2.75) is 99.0 Å². The Morgan fingerprint density at radius 1 is 0.551 bits per heavy atom. The Bertz CT molecular complexity index is 2930. The molecule has 0 bridgehead atoms. The van der Waals surface area contributed by atoms with Crippen LogP contribution in [-0.2, 0) is 25.2 Å². The average molecular weight is 1140 g/mol. The van der Waals surface area contributed by atoms with Gasteiger partial charge in [-0.25, -0.2) is 0 Å². The standard InChI is InChI=1S/C31H38Cl2N4O2.C30H32Cl2N4O3/c32-26-12-11-24(19-27(26)33)30(20-36(21-30)28(38)23-7-4-5-8-23)13-6-16-35-17-14-31(15-18-35)29(39)34-22-37(31)25-9-2-1-3-10-25;31-24-10-9-22(18-25(24)32)29(19-35(20-29)27(37)26-8-4-17-39-26)11-5-14-34-15-12-30(13-16-34)28(38)33-21-36(30)23-6-2-1-3-7-23/h1-3,9-12,19,23H,4-8,13-18,20-22H2,(H,34,39);1-4,6-10,17-18H,5,11-16,19-21H2,(H,33,38). The molecule has 412 valence electrons. The van der Waals surface area contributed by atoms with Crippen LogP contribution >= 0.6 is 46.4 Å². The maximum absolute atomic E-state index is 13.1. The second kappa shape index (κ2) is 23.1. The fourth-order valence-corrected chi connectivity index (χ4v) is 14.5. The Morgan fingerprint density at radius 2 is 1.00 bits per heavy atom. The first-order chi connectivity index (χ1) is 37.8. The van der Waals surface area contributed by atoms with Gasteiger partial charge in [-0.15, -0.1) is 0 Å². The van der Waals surface area contributed by atoms with Gasteiger partial charge in [-0.3, -0.25) is 19.2 Å². The van der Waals surface area contributed by atoms with Gasteiger partial charge in [0.1, 0.15) is 11.1 Å². The summed E-state index contributed by atoms with van der Waals surface area (Å²) in [5.74, 6) is 1.12. The number of hydrogen-bond acceptors (Lipinski definition) is 9. The highest BCUT2D eigenvalue weighted by molar-refractivity contribution is 6.42. The third-order valence-corrected chi connectivity index (χ3v) is 20.0. The Morgan fingerprint density at radius 3 is 1.42 bits per heavy atom. The minimum atomic E-state index is -0.472. The summed E-state index contributed by atoms with van der Waals surface area (Å²) in [6.07, 6.45) is 13.1. The number of hydrogen-bond donors (Lipinski definition) is 2. The van der Waals surface area contributed by atoms with E-state index in [0.29, 0.717) is 58.2 Å². The van der Waals surface area contributed by atoms with Crippen molar-refractivity contribution in [1.29, 1.82) is 0 Å². The van der Waals surface area contributed by atoms with Crippen LogP contribution in [0.1, 0.15) is 98.7 Å². The van der Waals surface area contributed by atoms with Gasteiger partial charge in [0, 0.05) is 80.5 Å². The number of carbonyl (C=O) groups excluding carboxylic acids is 4. The van der Waals surface area contributed by atoms with Gasteiger partial charge < -0.3 is 44.5 Å². The molecule has 4 amide bonds. The van der Waals surface area contributed by atoms with E-state index in [-0.39, 0.29) is 34.5 Å². The van der Waals surface area contributed by atoms with Crippen LogP contribution in [-0.4, -0.2) is 133 Å². The monoisotopic (exact) mass is 1130 g/mol. The lowest BCUT2D eigenvalue weighted by Gasteiger charge is -2.52. The van der Waals surface area contributed by atoms with E-state index in [2.05, 4.69) is 65.5 Å². The van der Waals surface area contributed by atoms with E-state index in [1.54, 1.807) is 12.1 Å². The number of rotatable bonds is 14. The number of para-hydroxylation sites is 2. The molecular weight excluding hydrogens is 1070 g/mol. The summed E-state index contributed by atoms with van der Waals surface area (Å²) in [6, 6.07) is 35.7. The Balaban J connectivity index is 0.000000165. The van der Waals surface area contributed by atoms with E-state index in [4.69, 9.17) is 50.8 Å². The third kappa shape index (κ3) is 10.8. The molecule has 2 N–H and O–H groups in total. The summed E-state index contributed by atoms with van der Waals surface area (Å²) in [7, 11) is 0. The van der Waals surface area contributed by atoms with Crippen LogP contribution in [0, 0.1) is 5.92 Å². The quantitative estimate of drug-likeness (QED) is 0.112. The van der Waals surface area contributed by atoms with Crippen molar-refractivity contribution < 1.29 is 23.6 Å². The van der Waals surface area contributed by atoms with Crippen LogP contribution in [0.15, 0.2) is 120 Å². The predicted octanol–water partition coefficient (Wildman–Crippen LogP) is 10.7. The molecule has 0 radical (unpaired) electrons. The van der Waals surface area contributed by atoms with Crippen molar-refractivity contribution in [2.75, 3.05) is 88.6 Å². The van der Waals surface area contributed by atoms with Crippen molar-refractivity contribution in [2.24, 2.45) is 5.92 Å². The molecule has 1 saturated carbocycles. The SMILES string of the molecule is O=C(C1CCCC1)N1CC(CCCN2CCC3(CC2)C(=O)NCN3c2ccccc2)(c2ccc(Cl)c(Cl)c2)C1.O=C(c1ccco1)N1CC(CCCN2CCC3(CC2)C(=O)NCN3c2ccccc2)(c2ccc(Cl)c(Cl)c2)C1. The minimum Gasteiger partial charge on any atom is -0.459 e. The summed E-state index contributed by atoms with van der Waals surface area (Å²) in [5.41, 5.74) is 3.32. The Hall–Kier alpha value is -5.28. The molecule has 1 aliphatic carbocycles. The minimum absolute atomic E-state index is 0.0745. The van der Waals surface area contributed by atoms with Crippen molar-refractivity contribution in [3.63, 3.8) is 0 Å². The first-order valence-corrected chi connectivity index (χ1v) is 29.5. The van der Waals surface area contributed by atoms with Gasteiger partial charge in [0.15, 0.2) is 5.76 Å². The molecule has 4 aromatic carbocycles. The number of anilines is 2. The van der Waals surface area contributed by atoms with Gasteiger partial charge >= 0.3 is 0 Å². The van der Waals surface area contributed by atoms with Gasteiger partial charge in [0.25, 0.3) is 5.91 Å². The third-order valence-electron chi connectivity index (χ3n) is 18.5. The zero-order valence-corrected chi connectivity index (χ0v) is 47.3. The van der Waals surface area contributed by atoms with Gasteiger partial charge in [0.2, 0.25) is 17.7 Å². The lowest BCUT2D eigenvalue weighted by atomic mass is 9.70. The van der Waals surface area contributed by atoms with E-state index in [0.717, 1.165) is 134 Å². The van der Waals surface area contributed by atoms with Crippen molar-refractivity contribution >= 4 is 81.4 Å². The predicted molar refractivity (Wildman–Crippen MR) is 309 cm³/mol. The van der Waals surface area contributed by atoms with Crippen molar-refractivity contribution in [3.05, 3.63) is 152 Å². The summed E-state index contributed by atoms with van der Waals surface area (Å²) in [6.45, 7) is 9.37. The number of benzene rings is 4. The molecular formula is C61H70Cl4N8O5. The molecule has 7 heterocycles. The zero-order chi connectivity index (χ0) is 54.1. The summed E-state index contributed by atoms with van der Waals surface area (Å²) < 4.78 is 5.34. The summed E-state index contributed by atoms with van der Waals surface area (Å²) in [4.78, 5) is 65.3. The highest BCUT2D eigenvalue weighted by atomic mass is 35.5. The Kier molecular flexibility index (Phi) is 16.2. The normalized spacial score (nSPS) is 21.5. The first-order valence-electron chi connectivity index (χ1n) is 28.0. The van der Waals surface area contributed by atoms with E-state index in [1.165, 1.54) is 24.7 Å². The molecule has 13 nitrogen and oxygen atoms in total. The fourth-order valence-electron chi connectivity index (χ4n) is 13.9. The number of piperidine rings is 2. The molecule has 78 heavy (non-hydrogen) atoms. The molecule has 17 heteroatoms. The largest absolute Gasteiger partial charge is 0.459 e. The van der Waals surface area contributed by atoms with Gasteiger partial charge in [0.05, 0.1) is 39.7 Å². The van der Waals surface area contributed by atoms with Crippen molar-refractivity contribution in [1.82, 2.24) is 30.2 Å². The van der Waals surface area contributed by atoms with E-state index < -0.39 is 11.1 Å². The molecule has 5 aromatic rings. The van der Waals surface area contributed by atoms with Crippen LogP contribution in [0.25, 0.3) is 0 Å². The van der Waals surface area contributed by atoms with E-state index in [1.807, 2.05) is 71.6 Å². The second-order valence-electron chi connectivity index (χ2n) is 22.9. The maximum atomic E-state index is 13.1. The molecule has 6 saturated heterocycles. The topological polar surface area (TPSA) is 125 Å². The molecule has 1 aromatic heterocycles. The number of carbonyl (C=O) groups is 4. The van der Waals surface area contributed by atoms with Gasteiger partial charge in [-0.1, -0.05) is 108 Å². The smallest absolute Gasteiger partial charge is 0.289 e. The molecule has 0 unspecified atom stereocenters. The number of nitrogens with zero attached hydrogens (tertiary/aromatic N) is 6. The van der Waals surface area contributed by atoms with Crippen LogP contribution in [0.4, 0.5) is 11.4 Å². The van der Waals surface area contributed by atoms with E-state index in [9.17, 15) is 19.2 Å². The summed E-state index contributed by atoms with van der Waals surface area (Å²) >= 11 is 25.3. The van der Waals surface area contributed by atoms with Gasteiger partial charge in [-0.2, -0.15) is 0 Å². The van der Waals surface area contributed by atoms with Crippen LogP contribution in [0.3, 0.4) is 0 Å². The number of nitrogens with one attached hydrogen (secondary N) is 2. The zero-order valence-electron chi connectivity index (χ0n) is 44.3.